The van der Waals surface area contributed by atoms with Gasteiger partial charge >= 0.3 is 0 Å². The lowest BCUT2D eigenvalue weighted by atomic mass is 9.97. The molecule has 1 aliphatic heterocycles. The lowest BCUT2D eigenvalue weighted by Gasteiger charge is -2.32. The van der Waals surface area contributed by atoms with Crippen molar-refractivity contribution in [2.45, 2.75) is 38.1 Å². The molecule has 1 atom stereocenters. The van der Waals surface area contributed by atoms with Crippen molar-refractivity contribution in [1.29, 1.82) is 0 Å². The van der Waals surface area contributed by atoms with Crippen LogP contribution >= 0.6 is 11.8 Å². The van der Waals surface area contributed by atoms with E-state index in [-0.39, 0.29) is 0 Å². The van der Waals surface area contributed by atoms with E-state index in [0.29, 0.717) is 17.6 Å². The summed E-state index contributed by atoms with van der Waals surface area (Å²) < 4.78 is 2.21. The highest BCUT2D eigenvalue weighted by Crippen LogP contribution is 2.32. The average molecular weight is 371 g/mol. The third-order valence-electron chi connectivity index (χ3n) is 5.24. The van der Waals surface area contributed by atoms with Crippen LogP contribution in [0, 0.1) is 5.92 Å². The van der Waals surface area contributed by atoms with Gasteiger partial charge in [-0.05, 0) is 49.0 Å². The number of carbonyl (C=O) groups excluding carboxylic acids is 1. The predicted molar refractivity (Wildman–Crippen MR) is 104 cm³/mol. The van der Waals surface area contributed by atoms with Gasteiger partial charge in [-0.2, -0.15) is 11.8 Å². The number of nitrogens with zero attached hydrogens (tertiary/aromatic N) is 4. The van der Waals surface area contributed by atoms with E-state index in [9.17, 15) is 4.79 Å². The van der Waals surface area contributed by atoms with Gasteiger partial charge in [-0.3, -0.25) is 9.78 Å². The second-order valence-electron chi connectivity index (χ2n) is 7.41. The van der Waals surface area contributed by atoms with E-state index in [1.54, 1.807) is 6.20 Å². The molecule has 4 rings (SSSR count). The molecular weight excluding hydrogens is 344 g/mol. The van der Waals surface area contributed by atoms with E-state index in [2.05, 4.69) is 25.5 Å². The molecule has 2 fully saturated rings. The van der Waals surface area contributed by atoms with Crippen LogP contribution in [-0.2, 0) is 11.3 Å². The number of likely N-dealkylation sites (tertiary alicyclic amines) is 1. The van der Waals surface area contributed by atoms with Gasteiger partial charge in [0, 0.05) is 43.8 Å². The summed E-state index contributed by atoms with van der Waals surface area (Å²) in [6.45, 7) is 2.47. The van der Waals surface area contributed by atoms with Gasteiger partial charge in [-0.15, -0.1) is 0 Å². The molecule has 0 aromatic carbocycles. The van der Waals surface area contributed by atoms with E-state index < -0.39 is 0 Å². The molecule has 5 nitrogen and oxygen atoms in total. The first-order valence-corrected chi connectivity index (χ1v) is 10.7. The number of carbonyl (C=O) groups is 1. The van der Waals surface area contributed by atoms with Crippen LogP contribution in [0.2, 0.25) is 0 Å². The molecule has 2 aromatic heterocycles. The maximum atomic E-state index is 12.6. The van der Waals surface area contributed by atoms with Crippen molar-refractivity contribution in [3.8, 4) is 0 Å². The summed E-state index contributed by atoms with van der Waals surface area (Å²) in [4.78, 5) is 23.4. The molecular formula is C20H26N4OS. The molecule has 6 heteroatoms. The predicted octanol–water partition coefficient (Wildman–Crippen LogP) is 3.18. The molecule has 1 aliphatic carbocycles. The van der Waals surface area contributed by atoms with Crippen LogP contribution in [0.25, 0.3) is 0 Å². The zero-order valence-electron chi connectivity index (χ0n) is 15.1. The van der Waals surface area contributed by atoms with Crippen molar-refractivity contribution in [1.82, 2.24) is 19.4 Å². The van der Waals surface area contributed by atoms with Crippen molar-refractivity contribution in [3.05, 3.63) is 48.3 Å². The van der Waals surface area contributed by atoms with Crippen LogP contribution in [0.3, 0.4) is 0 Å². The van der Waals surface area contributed by atoms with Gasteiger partial charge in [0.1, 0.15) is 5.82 Å². The lowest BCUT2D eigenvalue weighted by Crippen LogP contribution is -2.40. The third kappa shape index (κ3) is 4.47. The minimum absolute atomic E-state index is 0.297. The topological polar surface area (TPSA) is 51.0 Å². The minimum Gasteiger partial charge on any atom is -0.341 e. The number of imidazole rings is 1. The molecule has 26 heavy (non-hydrogen) atoms. The zero-order valence-corrected chi connectivity index (χ0v) is 15.9. The Hall–Kier alpha value is -1.82. The molecule has 0 spiro atoms. The van der Waals surface area contributed by atoms with Crippen LogP contribution in [0.15, 0.2) is 36.9 Å². The van der Waals surface area contributed by atoms with Crippen molar-refractivity contribution < 1.29 is 4.79 Å². The molecule has 0 bridgehead atoms. The Labute approximate surface area is 159 Å². The van der Waals surface area contributed by atoms with E-state index >= 15 is 0 Å². The smallest absolute Gasteiger partial charge is 0.232 e. The Balaban J connectivity index is 1.36. The largest absolute Gasteiger partial charge is 0.341 e. The first-order chi connectivity index (χ1) is 12.8. The van der Waals surface area contributed by atoms with Crippen LogP contribution in [0.1, 0.15) is 43.0 Å². The van der Waals surface area contributed by atoms with Crippen LogP contribution in [0.4, 0.5) is 0 Å². The van der Waals surface area contributed by atoms with E-state index in [0.717, 1.165) is 50.0 Å². The molecule has 1 saturated carbocycles. The summed E-state index contributed by atoms with van der Waals surface area (Å²) in [5.41, 5.74) is 1.17. The Kier molecular flexibility index (Phi) is 5.58. The van der Waals surface area contributed by atoms with Gasteiger partial charge in [-0.1, -0.05) is 6.07 Å². The Morgan fingerprint density at radius 3 is 3.00 bits per heavy atom. The highest BCUT2D eigenvalue weighted by molar-refractivity contribution is 7.99. The van der Waals surface area contributed by atoms with Crippen molar-refractivity contribution in [2.24, 2.45) is 5.92 Å². The maximum Gasteiger partial charge on any atom is 0.232 e. The monoisotopic (exact) mass is 370 g/mol. The molecule has 138 valence electrons. The Morgan fingerprint density at radius 1 is 1.27 bits per heavy atom. The van der Waals surface area contributed by atoms with Gasteiger partial charge in [-0.25, -0.2) is 4.98 Å². The molecule has 0 N–H and O–H groups in total. The van der Waals surface area contributed by atoms with Crippen LogP contribution in [-0.4, -0.2) is 49.9 Å². The Morgan fingerprint density at radius 2 is 2.19 bits per heavy atom. The fraction of sp³-hybridized carbons (Fsp3) is 0.550. The quantitative estimate of drug-likeness (QED) is 0.751. The van der Waals surface area contributed by atoms with Crippen LogP contribution < -0.4 is 0 Å². The molecule has 2 aliphatic rings. The van der Waals surface area contributed by atoms with Gasteiger partial charge in [0.15, 0.2) is 0 Å². The first-order valence-electron chi connectivity index (χ1n) is 9.55. The molecule has 2 aromatic rings. The third-order valence-corrected chi connectivity index (χ3v) is 6.40. The molecule has 1 amide bonds. The fourth-order valence-electron chi connectivity index (χ4n) is 3.61. The number of pyridine rings is 1. The fourth-order valence-corrected chi connectivity index (χ4v) is 4.75. The van der Waals surface area contributed by atoms with Gasteiger partial charge < -0.3 is 9.47 Å². The summed E-state index contributed by atoms with van der Waals surface area (Å²) in [5, 5.41) is 0. The van der Waals surface area contributed by atoms with Gasteiger partial charge in [0.2, 0.25) is 5.91 Å². The molecule has 0 unspecified atom stereocenters. The zero-order chi connectivity index (χ0) is 17.8. The summed E-state index contributed by atoms with van der Waals surface area (Å²) in [7, 11) is 0. The molecule has 1 saturated heterocycles. The number of rotatable bonds is 7. The minimum atomic E-state index is 0.297. The van der Waals surface area contributed by atoms with Crippen LogP contribution in [0.5, 0.6) is 0 Å². The van der Waals surface area contributed by atoms with Crippen molar-refractivity contribution >= 4 is 17.7 Å². The second-order valence-corrected chi connectivity index (χ2v) is 8.44. The van der Waals surface area contributed by atoms with Gasteiger partial charge in [0.25, 0.3) is 0 Å². The first kappa shape index (κ1) is 17.6. The average Bonchev–Trinajstić information content (AvgIpc) is 3.39. The Bertz CT molecular complexity index is 728. The highest BCUT2D eigenvalue weighted by atomic mass is 32.2. The highest BCUT2D eigenvalue weighted by Gasteiger charge is 2.28. The van der Waals surface area contributed by atoms with Crippen molar-refractivity contribution in [2.75, 3.05) is 24.6 Å². The number of thioether (sulfide) groups is 1. The lowest BCUT2D eigenvalue weighted by molar-refractivity contribution is -0.129. The number of aromatic nitrogens is 3. The standard InChI is InChI=1S/C20H26N4OS/c25-19(15-26-14-16-5-6-16)23-9-2-4-18(13-23)20-22-8-10-24(20)12-17-3-1-7-21-11-17/h1,3,7-8,10-11,16,18H,2,4-6,9,12-15H2/t18-/m0/s1. The summed E-state index contributed by atoms with van der Waals surface area (Å²) in [6, 6.07) is 4.05. The van der Waals surface area contributed by atoms with E-state index in [4.69, 9.17) is 0 Å². The number of hydrogen-bond donors (Lipinski definition) is 0. The number of hydrogen-bond acceptors (Lipinski definition) is 4. The number of piperidine rings is 1. The normalized spacial score (nSPS) is 20.3. The molecule has 0 radical (unpaired) electrons. The summed E-state index contributed by atoms with van der Waals surface area (Å²) in [6.07, 6.45) is 12.5. The van der Waals surface area contributed by atoms with E-state index in [1.165, 1.54) is 18.4 Å². The molecule has 3 heterocycles. The second kappa shape index (κ2) is 8.25. The van der Waals surface area contributed by atoms with Gasteiger partial charge in [0.05, 0.1) is 12.3 Å². The van der Waals surface area contributed by atoms with Crippen molar-refractivity contribution in [3.63, 3.8) is 0 Å². The van der Waals surface area contributed by atoms with E-state index in [1.807, 2.05) is 36.4 Å². The SMILES string of the molecule is O=C(CSCC1CC1)N1CCC[C@H](c2nccn2Cc2cccnc2)C1. The summed E-state index contributed by atoms with van der Waals surface area (Å²) in [5.74, 6) is 4.38. The summed E-state index contributed by atoms with van der Waals surface area (Å²) >= 11 is 1.81. The number of amides is 1. The maximum absolute atomic E-state index is 12.6.